The molecule has 0 N–H and O–H groups in total. The molecule has 0 unspecified atom stereocenters. The van der Waals surface area contributed by atoms with Gasteiger partial charge in [-0.05, 0) is 34.5 Å². The summed E-state index contributed by atoms with van der Waals surface area (Å²) >= 11 is 3.33. The van der Waals surface area contributed by atoms with Crippen molar-refractivity contribution in [3.63, 3.8) is 0 Å². The molecule has 0 aliphatic rings. The van der Waals surface area contributed by atoms with Crippen LogP contribution in [0.15, 0.2) is 28.7 Å². The molecule has 1 aromatic carbocycles. The summed E-state index contributed by atoms with van der Waals surface area (Å²) < 4.78 is 25.7. The maximum atomic E-state index is 12.2. The van der Waals surface area contributed by atoms with Gasteiger partial charge in [0, 0.05) is 18.1 Å². The number of carbonyl (C=O) groups is 1. The van der Waals surface area contributed by atoms with Gasteiger partial charge in [0.05, 0.1) is 11.9 Å². The maximum absolute atomic E-state index is 12.2. The monoisotopic (exact) mass is 376 g/mol. The molecule has 0 radical (unpaired) electrons. The van der Waals surface area contributed by atoms with Crippen LogP contribution in [0.5, 0.6) is 0 Å². The van der Waals surface area contributed by atoms with E-state index in [0.717, 1.165) is 23.4 Å². The Bertz CT molecular complexity index is 590. The lowest BCUT2D eigenvalue weighted by atomic mass is 10.3. The average Bonchev–Trinajstić information content (AvgIpc) is 2.41. The lowest BCUT2D eigenvalue weighted by molar-refractivity contribution is -0.128. The van der Waals surface area contributed by atoms with Crippen molar-refractivity contribution in [2.24, 2.45) is 0 Å². The molecule has 7 heteroatoms. The number of sulfonamides is 1. The Kier molecular flexibility index (Phi) is 6.67. The van der Waals surface area contributed by atoms with Gasteiger partial charge >= 0.3 is 0 Å². The van der Waals surface area contributed by atoms with E-state index in [-0.39, 0.29) is 12.5 Å². The van der Waals surface area contributed by atoms with Gasteiger partial charge < -0.3 is 4.90 Å². The molecule has 0 saturated heterocycles. The number of halogens is 1. The molecule has 0 aliphatic carbocycles. The molecule has 0 aromatic heterocycles. The molecule has 1 amide bonds. The summed E-state index contributed by atoms with van der Waals surface area (Å²) in [7, 11) is -1.84. The van der Waals surface area contributed by atoms with Gasteiger partial charge in [-0.15, -0.1) is 0 Å². The summed E-state index contributed by atoms with van der Waals surface area (Å²) in [5.74, 6) is -0.218. The van der Waals surface area contributed by atoms with Crippen molar-refractivity contribution in [2.75, 3.05) is 30.7 Å². The largest absolute Gasteiger partial charge is 0.344 e. The van der Waals surface area contributed by atoms with E-state index in [1.165, 1.54) is 0 Å². The van der Waals surface area contributed by atoms with E-state index in [9.17, 15) is 13.2 Å². The van der Waals surface area contributed by atoms with Crippen molar-refractivity contribution in [3.05, 3.63) is 28.7 Å². The molecular formula is C14H21BrN2O3S. The molecule has 0 heterocycles. The number of hydrogen-bond donors (Lipinski definition) is 0. The van der Waals surface area contributed by atoms with Crippen LogP contribution in [-0.2, 0) is 14.8 Å². The normalized spacial score (nSPS) is 11.2. The molecule has 0 bridgehead atoms. The molecule has 0 fully saturated rings. The molecular weight excluding hydrogens is 356 g/mol. The molecule has 21 heavy (non-hydrogen) atoms. The van der Waals surface area contributed by atoms with Crippen molar-refractivity contribution in [3.8, 4) is 0 Å². The van der Waals surface area contributed by atoms with E-state index < -0.39 is 10.0 Å². The van der Waals surface area contributed by atoms with Crippen molar-refractivity contribution in [1.82, 2.24) is 4.90 Å². The molecule has 1 aromatic rings. The third-order valence-electron chi connectivity index (χ3n) is 3.07. The van der Waals surface area contributed by atoms with Crippen LogP contribution in [0.1, 0.15) is 19.8 Å². The van der Waals surface area contributed by atoms with E-state index in [1.54, 1.807) is 36.2 Å². The van der Waals surface area contributed by atoms with Crippen LogP contribution >= 0.6 is 15.9 Å². The molecule has 0 atom stereocenters. The van der Waals surface area contributed by atoms with Crippen molar-refractivity contribution >= 4 is 37.5 Å². The Labute approximate surface area is 135 Å². The highest BCUT2D eigenvalue weighted by atomic mass is 79.9. The second kappa shape index (κ2) is 7.79. The topological polar surface area (TPSA) is 57.7 Å². The first kappa shape index (κ1) is 18.0. The predicted molar refractivity (Wildman–Crippen MR) is 88.9 cm³/mol. The van der Waals surface area contributed by atoms with Crippen LogP contribution in [0.3, 0.4) is 0 Å². The quantitative estimate of drug-likeness (QED) is 0.734. The highest BCUT2D eigenvalue weighted by Gasteiger charge is 2.23. The second-order valence-corrected chi connectivity index (χ2v) is 7.65. The second-order valence-electron chi connectivity index (χ2n) is 4.89. The molecule has 0 aliphatic heterocycles. The lowest BCUT2D eigenvalue weighted by Crippen LogP contribution is -2.41. The Morgan fingerprint density at radius 3 is 2.43 bits per heavy atom. The van der Waals surface area contributed by atoms with Crippen LogP contribution in [0.25, 0.3) is 0 Å². The first-order valence-electron chi connectivity index (χ1n) is 6.73. The summed E-state index contributed by atoms with van der Waals surface area (Å²) in [5.41, 5.74) is 0.470. The third kappa shape index (κ3) is 5.32. The molecule has 118 valence electrons. The van der Waals surface area contributed by atoms with Crippen molar-refractivity contribution < 1.29 is 13.2 Å². The lowest BCUT2D eigenvalue weighted by Gasteiger charge is -2.25. The summed E-state index contributed by atoms with van der Waals surface area (Å²) in [4.78, 5) is 13.8. The van der Waals surface area contributed by atoms with Crippen LogP contribution < -0.4 is 4.31 Å². The van der Waals surface area contributed by atoms with Gasteiger partial charge in [-0.2, -0.15) is 0 Å². The first-order valence-corrected chi connectivity index (χ1v) is 9.37. The summed E-state index contributed by atoms with van der Waals surface area (Å²) in [6.45, 7) is 2.48. The fourth-order valence-electron chi connectivity index (χ4n) is 1.80. The fraction of sp³-hybridized carbons (Fsp3) is 0.500. The number of anilines is 1. The summed E-state index contributed by atoms with van der Waals surface area (Å²) in [6.07, 6.45) is 2.99. The summed E-state index contributed by atoms with van der Waals surface area (Å²) in [5, 5.41) is 0. The number of nitrogens with zero attached hydrogens (tertiary/aromatic N) is 2. The minimum absolute atomic E-state index is 0.193. The van der Waals surface area contributed by atoms with E-state index in [0.29, 0.717) is 16.7 Å². The molecule has 0 spiro atoms. The van der Waals surface area contributed by atoms with Gasteiger partial charge in [-0.3, -0.25) is 9.10 Å². The van der Waals surface area contributed by atoms with Gasteiger partial charge in [-0.25, -0.2) is 8.42 Å². The highest BCUT2D eigenvalue weighted by molar-refractivity contribution is 9.10. The minimum Gasteiger partial charge on any atom is -0.344 e. The zero-order chi connectivity index (χ0) is 16.0. The number of carbonyl (C=O) groups excluding carboxylic acids is 1. The number of hydrogen-bond acceptors (Lipinski definition) is 3. The van der Waals surface area contributed by atoms with E-state index in [2.05, 4.69) is 15.9 Å². The van der Waals surface area contributed by atoms with E-state index in [4.69, 9.17) is 0 Å². The molecule has 5 nitrogen and oxygen atoms in total. The van der Waals surface area contributed by atoms with Gasteiger partial charge in [0.1, 0.15) is 6.54 Å². The number of rotatable bonds is 7. The van der Waals surface area contributed by atoms with Gasteiger partial charge in [0.15, 0.2) is 0 Å². The minimum atomic E-state index is -3.53. The third-order valence-corrected chi connectivity index (χ3v) is 4.87. The van der Waals surface area contributed by atoms with Gasteiger partial charge in [0.2, 0.25) is 15.9 Å². The van der Waals surface area contributed by atoms with Gasteiger partial charge in [0.25, 0.3) is 0 Å². The highest BCUT2D eigenvalue weighted by Crippen LogP contribution is 2.27. The SMILES string of the molecule is CCCCN(C)C(=O)CN(c1ccccc1Br)S(C)(=O)=O. The summed E-state index contributed by atoms with van der Waals surface area (Å²) in [6, 6.07) is 6.95. The predicted octanol–water partition coefficient (Wildman–Crippen LogP) is 2.47. The molecule has 0 saturated carbocycles. The van der Waals surface area contributed by atoms with Gasteiger partial charge in [-0.1, -0.05) is 25.5 Å². The Balaban J connectivity index is 2.97. The van der Waals surface area contributed by atoms with Crippen LogP contribution in [0, 0.1) is 0 Å². The van der Waals surface area contributed by atoms with Crippen molar-refractivity contribution in [1.29, 1.82) is 0 Å². The Morgan fingerprint density at radius 1 is 1.29 bits per heavy atom. The van der Waals surface area contributed by atoms with E-state index >= 15 is 0 Å². The first-order chi connectivity index (χ1) is 9.77. The molecule has 1 rings (SSSR count). The Hall–Kier alpha value is -1.08. The maximum Gasteiger partial charge on any atom is 0.243 e. The fourth-order valence-corrected chi connectivity index (χ4v) is 3.28. The number of unbranched alkanes of at least 4 members (excludes halogenated alkanes) is 1. The van der Waals surface area contributed by atoms with Crippen molar-refractivity contribution in [2.45, 2.75) is 19.8 Å². The van der Waals surface area contributed by atoms with E-state index in [1.807, 2.05) is 6.92 Å². The zero-order valence-corrected chi connectivity index (χ0v) is 14.9. The number of amides is 1. The number of likely N-dealkylation sites (N-methyl/N-ethyl adjacent to an activating group) is 1. The zero-order valence-electron chi connectivity index (χ0n) is 12.5. The van der Waals surface area contributed by atoms with Crippen LogP contribution in [0.2, 0.25) is 0 Å². The Morgan fingerprint density at radius 2 is 1.90 bits per heavy atom. The standard InChI is InChI=1S/C14H21BrN2O3S/c1-4-5-10-16(2)14(18)11-17(21(3,19)20)13-9-7-6-8-12(13)15/h6-9H,4-5,10-11H2,1-3H3. The van der Waals surface area contributed by atoms with Crippen LogP contribution in [0.4, 0.5) is 5.69 Å². The number of benzene rings is 1. The smallest absolute Gasteiger partial charge is 0.243 e. The average molecular weight is 377 g/mol. The van der Waals surface area contributed by atoms with Crippen LogP contribution in [-0.4, -0.2) is 45.6 Å². The number of para-hydroxylation sites is 1.